The summed E-state index contributed by atoms with van der Waals surface area (Å²) in [5, 5.41) is 0. The minimum atomic E-state index is 0.414. The highest BCUT2D eigenvalue weighted by atomic mass is 14.0. The molecule has 11 heavy (non-hydrogen) atoms. The largest absolute Gasteiger partial charge is 0.114 e. The van der Waals surface area contributed by atoms with Crippen molar-refractivity contribution >= 4 is 53.2 Å². The highest BCUT2D eigenvalue weighted by Gasteiger charge is 2.00. The lowest BCUT2D eigenvalue weighted by Gasteiger charge is -2.12. The molecule has 0 aliphatic carbocycles. The van der Waals surface area contributed by atoms with Crippen molar-refractivity contribution in [1.82, 2.24) is 0 Å². The molecule has 1 aromatic rings. The van der Waals surface area contributed by atoms with Gasteiger partial charge in [-0.15, -0.1) is 16.4 Å². The molecule has 0 fully saturated rings. The Morgan fingerprint density at radius 3 is 2.00 bits per heavy atom. The molecule has 0 aliphatic rings. The molecule has 44 valence electrons. The fourth-order valence-electron chi connectivity index (χ4n) is 0.867. The molecule has 4 heteroatoms. The van der Waals surface area contributed by atoms with Crippen LogP contribution in [0.15, 0.2) is 6.07 Å². The molecule has 0 bridgehead atoms. The van der Waals surface area contributed by atoms with Crippen LogP contribution in [-0.2, 0) is 0 Å². The van der Waals surface area contributed by atoms with E-state index in [9.17, 15) is 0 Å². The molecular formula is C7H4B4. The van der Waals surface area contributed by atoms with Gasteiger partial charge in [-0.05, 0) is 6.92 Å². The Morgan fingerprint density at radius 2 is 1.45 bits per heavy atom. The topological polar surface area (TPSA) is 0 Å². The number of rotatable bonds is 0. The maximum Gasteiger partial charge on any atom is 0.114 e. The van der Waals surface area contributed by atoms with Gasteiger partial charge in [0, 0.05) is 0 Å². The summed E-state index contributed by atoms with van der Waals surface area (Å²) in [6, 6.07) is 1.61. The minimum absolute atomic E-state index is 0.414. The van der Waals surface area contributed by atoms with Crippen LogP contribution in [0.2, 0.25) is 0 Å². The fourth-order valence-corrected chi connectivity index (χ4v) is 0.867. The summed E-state index contributed by atoms with van der Waals surface area (Å²) in [6.45, 7) is 1.81. The minimum Gasteiger partial charge on any atom is -0.110 e. The third-order valence-electron chi connectivity index (χ3n) is 1.75. The van der Waals surface area contributed by atoms with E-state index in [1.807, 2.05) is 0 Å². The van der Waals surface area contributed by atoms with Crippen molar-refractivity contribution in [2.75, 3.05) is 0 Å². The Labute approximate surface area is 72.4 Å². The maximum absolute atomic E-state index is 5.60. The molecular weight excluding hydrogens is 127 g/mol. The smallest absolute Gasteiger partial charge is 0.110 e. The van der Waals surface area contributed by atoms with Gasteiger partial charge >= 0.3 is 0 Å². The average molecular weight is 131 g/mol. The van der Waals surface area contributed by atoms with E-state index in [4.69, 9.17) is 31.4 Å². The molecule has 0 saturated heterocycles. The monoisotopic (exact) mass is 132 g/mol. The van der Waals surface area contributed by atoms with Crippen LogP contribution in [0.1, 0.15) is 5.56 Å². The van der Waals surface area contributed by atoms with Crippen LogP contribution in [0, 0.1) is 6.92 Å². The summed E-state index contributed by atoms with van der Waals surface area (Å²) >= 11 is 0. The van der Waals surface area contributed by atoms with E-state index in [-0.39, 0.29) is 0 Å². The SMILES string of the molecule is [B]c1cc([B])c(C)c([B])c1[B]. The summed E-state index contributed by atoms with van der Waals surface area (Å²) in [4.78, 5) is 0. The predicted molar refractivity (Wildman–Crippen MR) is 52.7 cm³/mol. The molecule has 0 aliphatic heterocycles. The molecule has 0 atom stereocenters. The number of benzene rings is 1. The van der Waals surface area contributed by atoms with Crippen LogP contribution in [0.25, 0.3) is 0 Å². The van der Waals surface area contributed by atoms with E-state index in [0.717, 1.165) is 5.56 Å². The van der Waals surface area contributed by atoms with E-state index < -0.39 is 0 Å². The van der Waals surface area contributed by atoms with Gasteiger partial charge in [0.05, 0.1) is 0 Å². The van der Waals surface area contributed by atoms with Gasteiger partial charge in [-0.2, -0.15) is 0 Å². The zero-order valence-corrected chi connectivity index (χ0v) is 6.39. The third kappa shape index (κ3) is 1.40. The zero-order chi connectivity index (χ0) is 8.59. The Bertz CT molecular complexity index is 267. The standard InChI is InChI=1S/C7H4B4/c1-3-4(8)2-5(9)7(11)6(3)10/h2H,1H3. The summed E-state index contributed by atoms with van der Waals surface area (Å²) in [6.07, 6.45) is 0. The van der Waals surface area contributed by atoms with E-state index in [1.54, 1.807) is 13.0 Å². The quantitative estimate of drug-likeness (QED) is 0.333. The second-order valence-electron chi connectivity index (χ2n) is 2.51. The second-order valence-corrected chi connectivity index (χ2v) is 2.51. The average Bonchev–Trinajstić information content (AvgIpc) is 1.97. The summed E-state index contributed by atoms with van der Waals surface area (Å²) in [5.74, 6) is 0. The van der Waals surface area contributed by atoms with E-state index in [2.05, 4.69) is 0 Å². The molecule has 0 nitrogen and oxygen atoms in total. The van der Waals surface area contributed by atoms with Crippen molar-refractivity contribution in [3.05, 3.63) is 11.6 Å². The van der Waals surface area contributed by atoms with Gasteiger partial charge in [0.1, 0.15) is 31.4 Å². The number of hydrogen-bond donors (Lipinski definition) is 0. The van der Waals surface area contributed by atoms with E-state index in [1.165, 1.54) is 0 Å². The first kappa shape index (κ1) is 8.58. The van der Waals surface area contributed by atoms with Gasteiger partial charge < -0.3 is 0 Å². The zero-order valence-electron chi connectivity index (χ0n) is 6.39. The van der Waals surface area contributed by atoms with Crippen molar-refractivity contribution in [2.45, 2.75) is 6.92 Å². The highest BCUT2D eigenvalue weighted by Crippen LogP contribution is 1.80. The normalized spacial score (nSPS) is 9.91. The van der Waals surface area contributed by atoms with Crippen LogP contribution in [0.5, 0.6) is 0 Å². The van der Waals surface area contributed by atoms with Gasteiger partial charge in [0.15, 0.2) is 0 Å². The van der Waals surface area contributed by atoms with Crippen LogP contribution < -0.4 is 21.9 Å². The Kier molecular flexibility index (Phi) is 2.22. The van der Waals surface area contributed by atoms with Gasteiger partial charge in [0.2, 0.25) is 0 Å². The first-order valence-corrected chi connectivity index (χ1v) is 3.23. The lowest BCUT2D eigenvalue weighted by molar-refractivity contribution is 1.59. The second kappa shape index (κ2) is 2.84. The lowest BCUT2D eigenvalue weighted by atomic mass is 9.67. The molecule has 0 amide bonds. The predicted octanol–water partition coefficient (Wildman–Crippen LogP) is -2.83. The Morgan fingerprint density at radius 1 is 0.909 bits per heavy atom. The van der Waals surface area contributed by atoms with Crippen LogP contribution in [0.4, 0.5) is 0 Å². The summed E-state index contributed by atoms with van der Waals surface area (Å²) in [7, 11) is 22.2. The molecule has 1 aromatic carbocycles. The van der Waals surface area contributed by atoms with E-state index in [0.29, 0.717) is 21.9 Å². The molecule has 0 spiro atoms. The summed E-state index contributed by atoms with van der Waals surface area (Å²) < 4.78 is 0. The van der Waals surface area contributed by atoms with Gasteiger partial charge in [-0.25, -0.2) is 0 Å². The molecule has 0 unspecified atom stereocenters. The lowest BCUT2D eigenvalue weighted by Crippen LogP contribution is -2.44. The molecule has 8 radical (unpaired) electrons. The van der Waals surface area contributed by atoms with E-state index >= 15 is 0 Å². The molecule has 0 N–H and O–H groups in total. The fraction of sp³-hybridized carbons (Fsp3) is 0.143. The van der Waals surface area contributed by atoms with Crippen molar-refractivity contribution in [2.24, 2.45) is 0 Å². The molecule has 0 aromatic heterocycles. The van der Waals surface area contributed by atoms with Gasteiger partial charge in [-0.3, -0.25) is 0 Å². The third-order valence-corrected chi connectivity index (χ3v) is 1.75. The molecule has 0 saturated carbocycles. The summed E-state index contributed by atoms with van der Waals surface area (Å²) in [5.41, 5.74) is 2.69. The van der Waals surface area contributed by atoms with Crippen LogP contribution in [-0.4, -0.2) is 31.4 Å². The first-order chi connectivity index (χ1) is 5.04. The van der Waals surface area contributed by atoms with Crippen molar-refractivity contribution in [3.8, 4) is 0 Å². The number of hydrogen-bond acceptors (Lipinski definition) is 0. The van der Waals surface area contributed by atoms with Gasteiger partial charge in [-0.1, -0.05) is 17.1 Å². The van der Waals surface area contributed by atoms with Crippen molar-refractivity contribution in [1.29, 1.82) is 0 Å². The van der Waals surface area contributed by atoms with Crippen LogP contribution in [0.3, 0.4) is 0 Å². The molecule has 0 heterocycles. The van der Waals surface area contributed by atoms with Crippen molar-refractivity contribution < 1.29 is 0 Å². The molecule has 1 rings (SSSR count). The van der Waals surface area contributed by atoms with Crippen molar-refractivity contribution in [3.63, 3.8) is 0 Å². The first-order valence-electron chi connectivity index (χ1n) is 3.23. The van der Waals surface area contributed by atoms with Gasteiger partial charge in [0.25, 0.3) is 0 Å². The highest BCUT2D eigenvalue weighted by molar-refractivity contribution is 6.59. The maximum atomic E-state index is 5.60. The Balaban J connectivity index is 3.46. The Hall–Kier alpha value is -0.520. The van der Waals surface area contributed by atoms with Crippen LogP contribution >= 0.6 is 0 Å².